The Morgan fingerprint density at radius 2 is 1.91 bits per heavy atom. The summed E-state index contributed by atoms with van der Waals surface area (Å²) < 4.78 is 14.6. The molecular weight excluding hydrogens is 628 g/mol. The van der Waals surface area contributed by atoms with Gasteiger partial charge in [0.1, 0.15) is 29.3 Å². The normalized spacial score (nSPS) is 18.7. The fraction of sp³-hybridized carbons (Fsp3) is 0.429. The van der Waals surface area contributed by atoms with E-state index in [9.17, 15) is 29.1 Å². The molecule has 1 unspecified atom stereocenters. The van der Waals surface area contributed by atoms with Gasteiger partial charge in [-0.2, -0.15) is 9.36 Å². The van der Waals surface area contributed by atoms with Gasteiger partial charge in [0.2, 0.25) is 22.8 Å². The number of thioether (sulfide) groups is 1. The van der Waals surface area contributed by atoms with E-state index in [0.717, 1.165) is 22.1 Å². The Kier molecular flexibility index (Phi) is 10.4. The zero-order valence-corrected chi connectivity index (χ0v) is 26.7. The quantitative estimate of drug-likeness (QED) is 0.130. The molecule has 0 saturated carbocycles. The lowest BCUT2D eigenvalue weighted by Gasteiger charge is -2.49. The average Bonchev–Trinajstić information content (AvgIpc) is 3.43. The number of anilines is 2. The van der Waals surface area contributed by atoms with Gasteiger partial charge in [-0.15, -0.1) is 11.8 Å². The maximum absolute atomic E-state index is 13.6. The van der Waals surface area contributed by atoms with Crippen molar-refractivity contribution in [3.8, 4) is 0 Å². The van der Waals surface area contributed by atoms with Crippen molar-refractivity contribution < 1.29 is 43.4 Å². The molecule has 3 heterocycles. The van der Waals surface area contributed by atoms with E-state index in [4.69, 9.17) is 14.3 Å². The molecule has 1 aromatic heterocycles. The molecule has 45 heavy (non-hydrogen) atoms. The highest BCUT2D eigenvalue weighted by atomic mass is 32.2. The van der Waals surface area contributed by atoms with E-state index in [2.05, 4.69) is 25.1 Å². The van der Waals surface area contributed by atoms with E-state index in [1.807, 2.05) is 30.3 Å². The number of aliphatic carboxylic acids is 1. The molecule has 1 fully saturated rings. The molecule has 2 aliphatic rings. The van der Waals surface area contributed by atoms with E-state index >= 15 is 0 Å². The number of carboxylic acid groups (broad SMARTS) is 1. The molecular formula is C28H32N6O9S2. The molecule has 2 aromatic rings. The number of nitrogens with one attached hydrogen (secondary N) is 2. The number of carbonyl (C=O) groups excluding carboxylic acids is 4. The van der Waals surface area contributed by atoms with Crippen LogP contribution in [0.1, 0.15) is 46.9 Å². The first-order valence-electron chi connectivity index (χ1n) is 13.8. The average molecular weight is 661 g/mol. The molecule has 1 aromatic carbocycles. The molecule has 15 nitrogen and oxygen atoms in total. The second kappa shape index (κ2) is 14.1. The van der Waals surface area contributed by atoms with Crippen molar-refractivity contribution in [1.29, 1.82) is 0 Å². The number of aromatic nitrogens is 2. The Morgan fingerprint density at radius 1 is 1.20 bits per heavy atom. The molecule has 1 saturated heterocycles. The first-order chi connectivity index (χ1) is 21.3. The minimum atomic E-state index is -1.37. The number of rotatable bonds is 12. The SMILES string of the molecule is CCC(ON=C(C(=O)N[C@@H]1C(=O)N2C(C(=O)O)=C(COC(C)=O)CS[C@H]12)c1nsc(Nc2ccccc2)n1)C(=O)OC(C)(C)C. The summed E-state index contributed by atoms with van der Waals surface area (Å²) >= 11 is 2.14. The predicted molar refractivity (Wildman–Crippen MR) is 163 cm³/mol. The Bertz CT molecular complexity index is 1540. The second-order valence-electron chi connectivity index (χ2n) is 10.8. The Morgan fingerprint density at radius 3 is 2.53 bits per heavy atom. The third-order valence-electron chi connectivity index (χ3n) is 6.18. The van der Waals surface area contributed by atoms with E-state index < -0.39 is 58.6 Å². The lowest BCUT2D eigenvalue weighted by molar-refractivity contribution is -0.169. The molecule has 4 rings (SSSR count). The van der Waals surface area contributed by atoms with Crippen LogP contribution in [0.15, 0.2) is 46.8 Å². The number of carboxylic acids is 1. The molecule has 2 amide bonds. The van der Waals surface area contributed by atoms with Crippen molar-refractivity contribution in [2.45, 2.75) is 64.2 Å². The number of benzene rings is 1. The monoisotopic (exact) mass is 660 g/mol. The summed E-state index contributed by atoms with van der Waals surface area (Å²) in [5.74, 6) is -4.20. The number of fused-ring (bicyclic) bond motifs is 1. The van der Waals surface area contributed by atoms with Crippen LogP contribution in [0.5, 0.6) is 0 Å². The molecule has 3 atom stereocenters. The molecule has 3 N–H and O–H groups in total. The van der Waals surface area contributed by atoms with Gasteiger partial charge in [0, 0.05) is 35.5 Å². The molecule has 0 spiro atoms. The Hall–Kier alpha value is -4.51. The summed E-state index contributed by atoms with van der Waals surface area (Å²) in [5.41, 5.74) is -0.521. The first-order valence-corrected chi connectivity index (χ1v) is 15.6. The molecule has 0 radical (unpaired) electrons. The minimum Gasteiger partial charge on any atom is -0.477 e. The lowest BCUT2D eigenvalue weighted by atomic mass is 10.0. The van der Waals surface area contributed by atoms with Gasteiger partial charge >= 0.3 is 17.9 Å². The van der Waals surface area contributed by atoms with Crippen molar-refractivity contribution in [2.24, 2.45) is 5.16 Å². The second-order valence-corrected chi connectivity index (χ2v) is 12.6. The third-order valence-corrected chi connectivity index (χ3v) is 8.15. The van der Waals surface area contributed by atoms with Crippen LogP contribution in [0.3, 0.4) is 0 Å². The molecule has 0 bridgehead atoms. The highest BCUT2D eigenvalue weighted by Gasteiger charge is 2.54. The lowest BCUT2D eigenvalue weighted by Crippen LogP contribution is -2.71. The minimum absolute atomic E-state index is 0.135. The fourth-order valence-corrected chi connectivity index (χ4v) is 6.08. The number of carbonyl (C=O) groups is 5. The van der Waals surface area contributed by atoms with Gasteiger partial charge in [0.25, 0.3) is 11.8 Å². The number of para-hydroxylation sites is 1. The number of nitrogens with zero attached hydrogens (tertiary/aromatic N) is 4. The Balaban J connectivity index is 1.57. The Labute approximate surface area is 266 Å². The zero-order valence-electron chi connectivity index (χ0n) is 25.1. The van der Waals surface area contributed by atoms with Crippen molar-refractivity contribution in [2.75, 3.05) is 17.7 Å². The maximum Gasteiger partial charge on any atom is 0.352 e. The van der Waals surface area contributed by atoms with Gasteiger partial charge in [-0.3, -0.25) is 19.3 Å². The molecule has 0 aliphatic carbocycles. The van der Waals surface area contributed by atoms with Gasteiger partial charge in [0.15, 0.2) is 0 Å². The van der Waals surface area contributed by atoms with E-state index in [1.165, 1.54) is 18.7 Å². The largest absolute Gasteiger partial charge is 0.477 e. The number of β-lactam (4-membered cyclic amide) rings is 1. The smallest absolute Gasteiger partial charge is 0.352 e. The predicted octanol–water partition coefficient (Wildman–Crippen LogP) is 2.42. The fourth-order valence-electron chi connectivity index (χ4n) is 4.16. The van der Waals surface area contributed by atoms with Crippen molar-refractivity contribution in [3.63, 3.8) is 0 Å². The number of hydrogen-bond donors (Lipinski definition) is 3. The standard InChI is InChI=1S/C28H32N6O9S2/c1-6-17(26(40)42-28(3,4)5)43-32-18(21-31-27(45-33-21)29-16-10-8-7-9-11-16)22(36)30-19-23(37)34-20(25(38)39)15(12-41-14(2)35)13-44-24(19)34/h7-11,17,19,24H,6,12-13H2,1-5H3,(H,30,36)(H,38,39)(H,29,31,33)/t17?,19-,24-/m1/s1. The van der Waals surface area contributed by atoms with E-state index in [0.29, 0.717) is 5.13 Å². The number of ether oxygens (including phenoxy) is 2. The molecule has 17 heteroatoms. The molecule has 240 valence electrons. The summed E-state index contributed by atoms with van der Waals surface area (Å²) in [6.45, 7) is 7.69. The van der Waals surface area contributed by atoms with Crippen molar-refractivity contribution in [1.82, 2.24) is 19.6 Å². The van der Waals surface area contributed by atoms with Gasteiger partial charge in [-0.1, -0.05) is 30.3 Å². The highest BCUT2D eigenvalue weighted by molar-refractivity contribution is 8.00. The van der Waals surface area contributed by atoms with Crippen LogP contribution in [0.2, 0.25) is 0 Å². The van der Waals surface area contributed by atoms with Crippen LogP contribution in [0.4, 0.5) is 10.8 Å². The van der Waals surface area contributed by atoms with Crippen LogP contribution in [-0.4, -0.2) is 90.3 Å². The van der Waals surface area contributed by atoms with Crippen molar-refractivity contribution >= 4 is 69.5 Å². The van der Waals surface area contributed by atoms with Crippen LogP contribution in [0, 0.1) is 0 Å². The summed E-state index contributed by atoms with van der Waals surface area (Å²) in [5, 5.41) is 19.0. The number of amides is 2. The van der Waals surface area contributed by atoms with E-state index in [-0.39, 0.29) is 35.9 Å². The summed E-state index contributed by atoms with van der Waals surface area (Å²) in [6, 6.07) is 8.00. The summed E-state index contributed by atoms with van der Waals surface area (Å²) in [4.78, 5) is 73.6. The van der Waals surface area contributed by atoms with Gasteiger partial charge in [-0.25, -0.2) is 9.59 Å². The van der Waals surface area contributed by atoms with Gasteiger partial charge in [-0.05, 0) is 39.3 Å². The van der Waals surface area contributed by atoms with Crippen LogP contribution >= 0.6 is 23.3 Å². The first kappa shape index (κ1) is 33.4. The number of hydrogen-bond acceptors (Lipinski definition) is 14. The van der Waals surface area contributed by atoms with Gasteiger partial charge in [0.05, 0.1) is 0 Å². The van der Waals surface area contributed by atoms with E-state index in [1.54, 1.807) is 27.7 Å². The van der Waals surface area contributed by atoms with Crippen molar-refractivity contribution in [3.05, 3.63) is 47.4 Å². The summed E-state index contributed by atoms with van der Waals surface area (Å²) in [7, 11) is 0. The highest BCUT2D eigenvalue weighted by Crippen LogP contribution is 2.40. The number of esters is 2. The van der Waals surface area contributed by atoms with Crippen LogP contribution < -0.4 is 10.6 Å². The maximum atomic E-state index is 13.6. The summed E-state index contributed by atoms with van der Waals surface area (Å²) in [6.07, 6.45) is -0.978. The zero-order chi connectivity index (χ0) is 32.9. The third kappa shape index (κ3) is 8.16. The number of oxime groups is 1. The topological polar surface area (TPSA) is 199 Å². The molecule has 2 aliphatic heterocycles. The van der Waals surface area contributed by atoms with Gasteiger partial charge < -0.3 is 30.1 Å². The van der Waals surface area contributed by atoms with Crippen LogP contribution in [0.25, 0.3) is 0 Å². The van der Waals surface area contributed by atoms with Crippen LogP contribution in [-0.2, 0) is 38.3 Å².